The molecule has 0 saturated heterocycles. The number of rotatable bonds is 8. The minimum absolute atomic E-state index is 0.104. The Morgan fingerprint density at radius 3 is 1.94 bits per heavy atom. The molecule has 0 aromatic carbocycles. The van der Waals surface area contributed by atoms with Crippen molar-refractivity contribution in [2.24, 2.45) is 0 Å². The molecule has 7 nitrogen and oxygen atoms in total. The lowest BCUT2D eigenvalue weighted by Gasteiger charge is -1.99. The summed E-state index contributed by atoms with van der Waals surface area (Å²) in [5.41, 5.74) is 0. The monoisotopic (exact) mass is 282 g/mol. The molecule has 0 amide bonds. The number of hydrogen-bond donors (Lipinski definition) is 2. The molecular formula is C10H18O7S. The average molecular weight is 282 g/mol. The minimum Gasteiger partial charge on any atom is -0.481 e. The zero-order chi connectivity index (χ0) is 14.6. The number of carboxylic acids is 2. The predicted octanol–water partition coefficient (Wildman–Crippen LogP) is 0.865. The molecule has 106 valence electrons. The maximum absolute atomic E-state index is 10.7. The molecule has 0 bridgehead atoms. The molecule has 0 aliphatic carbocycles. The van der Waals surface area contributed by atoms with Gasteiger partial charge in [0.25, 0.3) is 10.1 Å². The van der Waals surface area contributed by atoms with Crippen LogP contribution in [0.15, 0.2) is 12.7 Å². The molecule has 0 aromatic heterocycles. The molecule has 0 radical (unpaired) electrons. The van der Waals surface area contributed by atoms with Gasteiger partial charge in [-0.3, -0.25) is 13.8 Å². The fourth-order valence-corrected chi connectivity index (χ4v) is 1.42. The van der Waals surface area contributed by atoms with Crippen LogP contribution in [0.2, 0.25) is 0 Å². The van der Waals surface area contributed by atoms with Gasteiger partial charge < -0.3 is 10.2 Å². The molecule has 18 heavy (non-hydrogen) atoms. The molecule has 0 rings (SSSR count). The molecule has 0 atom stereocenters. The van der Waals surface area contributed by atoms with Crippen molar-refractivity contribution in [2.45, 2.75) is 26.2 Å². The highest BCUT2D eigenvalue weighted by molar-refractivity contribution is 7.86. The SMILES string of the molecule is C=CCS(=O)(=O)OCCC.O=C(O)CCC(=O)O. The third-order valence-corrected chi connectivity index (χ3v) is 2.51. The highest BCUT2D eigenvalue weighted by Crippen LogP contribution is 1.94. The highest BCUT2D eigenvalue weighted by atomic mass is 32.2. The standard InChI is InChI=1S/C6H12O3S.C4H6O4/c1-3-5-9-10(7,8)6-4-2;5-3(6)1-2-4(7)8/h4H,2-3,5-6H2,1H3;1-2H2,(H,5,6)(H,7,8). The topological polar surface area (TPSA) is 118 Å². The van der Waals surface area contributed by atoms with Gasteiger partial charge in [-0.15, -0.1) is 6.58 Å². The molecule has 2 N–H and O–H groups in total. The zero-order valence-corrected chi connectivity index (χ0v) is 11.0. The number of carbonyl (C=O) groups is 2. The lowest BCUT2D eigenvalue weighted by molar-refractivity contribution is -0.143. The van der Waals surface area contributed by atoms with E-state index < -0.39 is 22.1 Å². The predicted molar refractivity (Wildman–Crippen MR) is 64.7 cm³/mol. The van der Waals surface area contributed by atoms with Crippen LogP contribution in [-0.4, -0.2) is 42.9 Å². The van der Waals surface area contributed by atoms with E-state index in [1.807, 2.05) is 6.92 Å². The Morgan fingerprint density at radius 1 is 1.22 bits per heavy atom. The first-order valence-corrected chi connectivity index (χ1v) is 6.74. The van der Waals surface area contributed by atoms with Gasteiger partial charge in [0, 0.05) is 0 Å². The maximum atomic E-state index is 10.7. The molecule has 0 aliphatic heterocycles. The summed E-state index contributed by atoms with van der Waals surface area (Å²) < 4.78 is 25.9. The Morgan fingerprint density at radius 2 is 1.67 bits per heavy atom. The quantitative estimate of drug-likeness (QED) is 0.500. The summed E-state index contributed by atoms with van der Waals surface area (Å²) in [6.07, 6.45) is 1.42. The van der Waals surface area contributed by atoms with Gasteiger partial charge in [0.2, 0.25) is 0 Å². The van der Waals surface area contributed by atoms with Crippen LogP contribution < -0.4 is 0 Å². The van der Waals surface area contributed by atoms with Gasteiger partial charge >= 0.3 is 11.9 Å². The fourth-order valence-electron chi connectivity index (χ4n) is 0.617. The summed E-state index contributed by atoms with van der Waals surface area (Å²) in [4.78, 5) is 19.3. The van der Waals surface area contributed by atoms with Crippen LogP contribution in [-0.2, 0) is 23.9 Å². The van der Waals surface area contributed by atoms with Crippen LogP contribution >= 0.6 is 0 Å². The van der Waals surface area contributed by atoms with Crippen molar-refractivity contribution in [3.05, 3.63) is 12.7 Å². The van der Waals surface area contributed by atoms with Crippen molar-refractivity contribution in [3.8, 4) is 0 Å². The largest absolute Gasteiger partial charge is 0.481 e. The van der Waals surface area contributed by atoms with Crippen molar-refractivity contribution < 1.29 is 32.4 Å². The number of aliphatic carboxylic acids is 2. The van der Waals surface area contributed by atoms with Gasteiger partial charge in [0.1, 0.15) is 0 Å². The van der Waals surface area contributed by atoms with Gasteiger partial charge in [-0.05, 0) is 6.42 Å². The number of hydrogen-bond acceptors (Lipinski definition) is 5. The lowest BCUT2D eigenvalue weighted by Crippen LogP contribution is -2.09. The Balaban J connectivity index is 0. The van der Waals surface area contributed by atoms with Crippen LogP contribution in [0.3, 0.4) is 0 Å². The molecule has 0 unspecified atom stereocenters. The smallest absolute Gasteiger partial charge is 0.303 e. The van der Waals surface area contributed by atoms with Gasteiger partial charge in [-0.2, -0.15) is 8.42 Å². The second kappa shape index (κ2) is 10.7. The van der Waals surface area contributed by atoms with Gasteiger partial charge in [0.05, 0.1) is 25.2 Å². The minimum atomic E-state index is -3.31. The second-order valence-electron chi connectivity index (χ2n) is 3.12. The van der Waals surface area contributed by atoms with E-state index in [2.05, 4.69) is 10.8 Å². The zero-order valence-electron chi connectivity index (χ0n) is 10.2. The summed E-state index contributed by atoms with van der Waals surface area (Å²) >= 11 is 0. The van der Waals surface area contributed by atoms with Gasteiger partial charge in [-0.25, -0.2) is 0 Å². The van der Waals surface area contributed by atoms with Crippen LogP contribution in [0.5, 0.6) is 0 Å². The van der Waals surface area contributed by atoms with E-state index in [4.69, 9.17) is 10.2 Å². The molecule has 0 spiro atoms. The van der Waals surface area contributed by atoms with Crippen LogP contribution in [0.1, 0.15) is 26.2 Å². The summed E-state index contributed by atoms with van der Waals surface area (Å²) in [6, 6.07) is 0. The average Bonchev–Trinajstić information content (AvgIpc) is 2.24. The van der Waals surface area contributed by atoms with Crippen molar-refractivity contribution in [1.82, 2.24) is 0 Å². The fraction of sp³-hybridized carbons (Fsp3) is 0.600. The second-order valence-corrected chi connectivity index (χ2v) is 4.81. The van der Waals surface area contributed by atoms with Crippen molar-refractivity contribution in [1.29, 1.82) is 0 Å². The molecule has 0 aliphatic rings. The molecule has 8 heteroatoms. The third-order valence-electron chi connectivity index (χ3n) is 1.34. The first-order valence-electron chi connectivity index (χ1n) is 5.16. The van der Waals surface area contributed by atoms with E-state index in [1.165, 1.54) is 6.08 Å². The Labute approximate surface area is 106 Å². The van der Waals surface area contributed by atoms with Crippen molar-refractivity contribution in [3.63, 3.8) is 0 Å². The van der Waals surface area contributed by atoms with Crippen LogP contribution in [0.4, 0.5) is 0 Å². The normalized spacial score (nSPS) is 10.1. The molecule has 0 heterocycles. The van der Waals surface area contributed by atoms with E-state index in [-0.39, 0.29) is 25.2 Å². The molecule has 0 saturated carbocycles. The molecule has 0 fully saturated rings. The summed E-state index contributed by atoms with van der Waals surface area (Å²) in [6.45, 7) is 5.41. The van der Waals surface area contributed by atoms with E-state index >= 15 is 0 Å². The van der Waals surface area contributed by atoms with Gasteiger partial charge in [0.15, 0.2) is 0 Å². The van der Waals surface area contributed by atoms with Crippen LogP contribution in [0, 0.1) is 0 Å². The van der Waals surface area contributed by atoms with E-state index in [1.54, 1.807) is 0 Å². The van der Waals surface area contributed by atoms with E-state index in [9.17, 15) is 18.0 Å². The summed E-state index contributed by atoms with van der Waals surface area (Å²) in [7, 11) is -3.31. The Kier molecular flexibility index (Phi) is 11.3. The van der Waals surface area contributed by atoms with Crippen LogP contribution in [0.25, 0.3) is 0 Å². The molecular weight excluding hydrogens is 264 g/mol. The first-order chi connectivity index (χ1) is 8.25. The first kappa shape index (κ1) is 18.9. The Hall–Kier alpha value is -1.41. The summed E-state index contributed by atoms with van der Waals surface area (Å²) in [5.74, 6) is -2.26. The van der Waals surface area contributed by atoms with Gasteiger partial charge in [-0.1, -0.05) is 13.0 Å². The molecule has 0 aromatic rings. The summed E-state index contributed by atoms with van der Waals surface area (Å²) in [5, 5.41) is 15.8. The Bertz CT molecular complexity index is 344. The van der Waals surface area contributed by atoms with E-state index in [0.29, 0.717) is 6.42 Å². The lowest BCUT2D eigenvalue weighted by atomic mass is 10.3. The van der Waals surface area contributed by atoms with Crippen molar-refractivity contribution >= 4 is 22.1 Å². The van der Waals surface area contributed by atoms with E-state index in [0.717, 1.165) is 0 Å². The highest BCUT2D eigenvalue weighted by Gasteiger charge is 2.05. The third kappa shape index (κ3) is 17.0. The van der Waals surface area contributed by atoms with Crippen molar-refractivity contribution in [2.75, 3.05) is 12.4 Å². The number of carboxylic acid groups (broad SMARTS) is 2. The maximum Gasteiger partial charge on any atom is 0.303 e.